The highest BCUT2D eigenvalue weighted by Gasteiger charge is 2.05. The second-order valence-corrected chi connectivity index (χ2v) is 5.05. The van der Waals surface area contributed by atoms with Crippen LogP contribution in [0.5, 0.6) is 0 Å². The number of halogens is 2. The van der Waals surface area contributed by atoms with Gasteiger partial charge in [0.15, 0.2) is 4.67 Å². The second kappa shape index (κ2) is 5.93. The molecule has 0 aliphatic rings. The van der Waals surface area contributed by atoms with Crippen molar-refractivity contribution in [2.75, 3.05) is 6.54 Å². The van der Waals surface area contributed by atoms with E-state index in [1.54, 1.807) is 0 Å². The van der Waals surface area contributed by atoms with Crippen LogP contribution in [0.15, 0.2) is 19.6 Å². The van der Waals surface area contributed by atoms with Crippen LogP contribution in [0.2, 0.25) is 0 Å². The first-order valence-corrected chi connectivity index (χ1v) is 6.36. The van der Waals surface area contributed by atoms with Crippen molar-refractivity contribution in [2.24, 2.45) is 5.92 Å². The Labute approximate surface area is 102 Å². The molecule has 0 amide bonds. The summed E-state index contributed by atoms with van der Waals surface area (Å²) in [6, 6.07) is 1.98. The molecule has 80 valence electrons. The third kappa shape index (κ3) is 3.75. The van der Waals surface area contributed by atoms with Gasteiger partial charge in [-0.05, 0) is 50.4 Å². The Morgan fingerprint density at radius 1 is 1.50 bits per heavy atom. The minimum atomic E-state index is 0.719. The molecule has 0 aliphatic carbocycles. The van der Waals surface area contributed by atoms with Gasteiger partial charge >= 0.3 is 0 Å². The molecular formula is C10H15Br2NO. The van der Waals surface area contributed by atoms with E-state index in [9.17, 15) is 0 Å². The van der Waals surface area contributed by atoms with E-state index < -0.39 is 0 Å². The van der Waals surface area contributed by atoms with E-state index in [1.807, 2.05) is 6.07 Å². The topological polar surface area (TPSA) is 25.2 Å². The fourth-order valence-electron chi connectivity index (χ4n) is 1.06. The molecule has 1 rings (SSSR count). The van der Waals surface area contributed by atoms with Crippen LogP contribution in [0.25, 0.3) is 0 Å². The number of rotatable bonds is 5. The van der Waals surface area contributed by atoms with Gasteiger partial charge in [-0.15, -0.1) is 0 Å². The Morgan fingerprint density at radius 2 is 2.21 bits per heavy atom. The first kappa shape index (κ1) is 12.3. The van der Waals surface area contributed by atoms with Gasteiger partial charge < -0.3 is 9.73 Å². The minimum Gasteiger partial charge on any atom is -0.452 e. The number of hydrogen-bond donors (Lipinski definition) is 1. The van der Waals surface area contributed by atoms with Gasteiger partial charge in [-0.1, -0.05) is 20.3 Å². The largest absolute Gasteiger partial charge is 0.452 e. The Hall–Kier alpha value is 0.200. The van der Waals surface area contributed by atoms with E-state index in [0.717, 1.165) is 33.9 Å². The number of nitrogens with one attached hydrogen (secondary N) is 1. The fourth-order valence-corrected chi connectivity index (χ4v) is 1.72. The molecule has 0 saturated carbocycles. The lowest BCUT2D eigenvalue weighted by Crippen LogP contribution is -2.19. The Bertz CT molecular complexity index is 266. The molecule has 1 atom stereocenters. The summed E-state index contributed by atoms with van der Waals surface area (Å²) in [4.78, 5) is 0. The molecular weight excluding hydrogens is 310 g/mol. The maximum absolute atomic E-state index is 5.44. The van der Waals surface area contributed by atoms with Crippen molar-refractivity contribution in [1.29, 1.82) is 0 Å². The molecule has 0 aliphatic heterocycles. The van der Waals surface area contributed by atoms with E-state index in [-0.39, 0.29) is 0 Å². The molecule has 0 spiro atoms. The van der Waals surface area contributed by atoms with Crippen LogP contribution in [0, 0.1) is 5.92 Å². The summed E-state index contributed by atoms with van der Waals surface area (Å²) >= 11 is 6.69. The van der Waals surface area contributed by atoms with Gasteiger partial charge in [-0.25, -0.2) is 0 Å². The molecule has 1 unspecified atom stereocenters. The van der Waals surface area contributed by atoms with Gasteiger partial charge in [0.25, 0.3) is 0 Å². The fraction of sp³-hybridized carbons (Fsp3) is 0.600. The lowest BCUT2D eigenvalue weighted by atomic mass is 10.1. The van der Waals surface area contributed by atoms with Crippen molar-refractivity contribution in [3.8, 4) is 0 Å². The third-order valence-corrected chi connectivity index (χ3v) is 3.90. The summed E-state index contributed by atoms with van der Waals surface area (Å²) in [6.45, 7) is 6.26. The SMILES string of the molecule is CCC(C)CNCc1cc(Br)c(Br)o1. The zero-order chi connectivity index (χ0) is 10.6. The summed E-state index contributed by atoms with van der Waals surface area (Å²) in [5.41, 5.74) is 0. The van der Waals surface area contributed by atoms with E-state index >= 15 is 0 Å². The molecule has 1 heterocycles. The molecule has 0 fully saturated rings. The highest BCUT2D eigenvalue weighted by Crippen LogP contribution is 2.26. The van der Waals surface area contributed by atoms with Crippen LogP contribution >= 0.6 is 31.9 Å². The Balaban J connectivity index is 2.31. The van der Waals surface area contributed by atoms with Crippen LogP contribution in [0.3, 0.4) is 0 Å². The van der Waals surface area contributed by atoms with E-state index in [1.165, 1.54) is 6.42 Å². The molecule has 1 aromatic heterocycles. The summed E-state index contributed by atoms with van der Waals surface area (Å²) in [5.74, 6) is 1.67. The van der Waals surface area contributed by atoms with Crippen molar-refractivity contribution in [1.82, 2.24) is 5.32 Å². The van der Waals surface area contributed by atoms with Crippen molar-refractivity contribution in [3.05, 3.63) is 21.0 Å². The molecule has 0 bridgehead atoms. The van der Waals surface area contributed by atoms with Gasteiger partial charge in [0.2, 0.25) is 0 Å². The van der Waals surface area contributed by atoms with Crippen LogP contribution < -0.4 is 5.32 Å². The molecule has 0 saturated heterocycles. The molecule has 4 heteroatoms. The van der Waals surface area contributed by atoms with Gasteiger partial charge in [0.1, 0.15) is 5.76 Å². The first-order chi connectivity index (χ1) is 6.63. The number of hydrogen-bond acceptors (Lipinski definition) is 2. The quantitative estimate of drug-likeness (QED) is 0.887. The highest BCUT2D eigenvalue weighted by molar-refractivity contribution is 9.13. The molecule has 0 radical (unpaired) electrons. The van der Waals surface area contributed by atoms with Crippen LogP contribution in [0.4, 0.5) is 0 Å². The predicted octanol–water partition coefficient (Wildman–Crippen LogP) is 3.94. The Morgan fingerprint density at radius 3 is 2.71 bits per heavy atom. The minimum absolute atomic E-state index is 0.719. The lowest BCUT2D eigenvalue weighted by Gasteiger charge is -2.08. The number of furan rings is 1. The molecule has 14 heavy (non-hydrogen) atoms. The van der Waals surface area contributed by atoms with Crippen molar-refractivity contribution in [3.63, 3.8) is 0 Å². The smallest absolute Gasteiger partial charge is 0.183 e. The second-order valence-electron chi connectivity index (χ2n) is 3.48. The molecule has 1 N–H and O–H groups in total. The Kier molecular flexibility index (Phi) is 5.20. The van der Waals surface area contributed by atoms with E-state index in [4.69, 9.17) is 4.42 Å². The molecule has 0 aromatic carbocycles. The van der Waals surface area contributed by atoms with Gasteiger partial charge in [-0.3, -0.25) is 0 Å². The summed E-state index contributed by atoms with van der Waals surface area (Å²) in [6.07, 6.45) is 1.21. The average Bonchev–Trinajstić information content (AvgIpc) is 2.46. The van der Waals surface area contributed by atoms with Crippen molar-refractivity contribution in [2.45, 2.75) is 26.8 Å². The predicted molar refractivity (Wildman–Crippen MR) is 65.3 cm³/mol. The van der Waals surface area contributed by atoms with Gasteiger partial charge in [-0.2, -0.15) is 0 Å². The lowest BCUT2D eigenvalue weighted by molar-refractivity contribution is 0.438. The molecule has 2 nitrogen and oxygen atoms in total. The summed E-state index contributed by atoms with van der Waals surface area (Å²) in [5, 5.41) is 3.36. The summed E-state index contributed by atoms with van der Waals surface area (Å²) in [7, 11) is 0. The monoisotopic (exact) mass is 323 g/mol. The maximum atomic E-state index is 5.44. The maximum Gasteiger partial charge on any atom is 0.183 e. The third-order valence-electron chi connectivity index (χ3n) is 2.19. The van der Waals surface area contributed by atoms with Crippen molar-refractivity contribution >= 4 is 31.9 Å². The van der Waals surface area contributed by atoms with Crippen LogP contribution in [-0.2, 0) is 6.54 Å². The zero-order valence-corrected chi connectivity index (χ0v) is 11.6. The van der Waals surface area contributed by atoms with E-state index in [2.05, 4.69) is 51.0 Å². The highest BCUT2D eigenvalue weighted by atomic mass is 79.9. The molecule has 1 aromatic rings. The van der Waals surface area contributed by atoms with Crippen LogP contribution in [-0.4, -0.2) is 6.54 Å². The normalized spacial score (nSPS) is 13.1. The summed E-state index contributed by atoms with van der Waals surface area (Å²) < 4.78 is 7.17. The van der Waals surface area contributed by atoms with Crippen molar-refractivity contribution < 1.29 is 4.42 Å². The zero-order valence-electron chi connectivity index (χ0n) is 8.44. The first-order valence-electron chi connectivity index (χ1n) is 4.78. The van der Waals surface area contributed by atoms with E-state index in [0.29, 0.717) is 0 Å². The van der Waals surface area contributed by atoms with Gasteiger partial charge in [0, 0.05) is 0 Å². The standard InChI is InChI=1S/C10H15Br2NO/c1-3-7(2)5-13-6-8-4-9(11)10(12)14-8/h4,7,13H,3,5-6H2,1-2H3. The average molecular weight is 325 g/mol. The van der Waals surface area contributed by atoms with Gasteiger partial charge in [0.05, 0.1) is 11.0 Å². The van der Waals surface area contributed by atoms with Crippen LogP contribution in [0.1, 0.15) is 26.0 Å².